The van der Waals surface area contributed by atoms with Crippen LogP contribution in [0.3, 0.4) is 0 Å². The van der Waals surface area contributed by atoms with Crippen molar-refractivity contribution >= 4 is 27.3 Å². The average Bonchev–Trinajstić information content (AvgIpc) is 3.33. The van der Waals surface area contributed by atoms with Gasteiger partial charge in [0.2, 0.25) is 10.0 Å². The number of hydrogen-bond acceptors (Lipinski definition) is 5. The highest BCUT2D eigenvalue weighted by atomic mass is 32.2. The Bertz CT molecular complexity index is 932. The molecule has 136 valence electrons. The number of nitrogens with one attached hydrogen (secondary N) is 2. The summed E-state index contributed by atoms with van der Waals surface area (Å²) in [6, 6.07) is 13.2. The first-order valence-corrected chi connectivity index (χ1v) is 10.3. The minimum Gasteiger partial charge on any atom is -0.467 e. The Labute approximate surface area is 155 Å². The minimum atomic E-state index is -3.60. The van der Waals surface area contributed by atoms with E-state index in [1.54, 1.807) is 23.5 Å². The highest BCUT2D eigenvalue weighted by molar-refractivity contribution is 7.89. The SMILES string of the molecule is O=C(NCc1ccco1)c1ccc(S(=O)(=O)NCCc2cccs2)cc1. The molecular weight excluding hydrogens is 372 g/mol. The molecule has 2 heterocycles. The van der Waals surface area contributed by atoms with Gasteiger partial charge in [-0.05, 0) is 54.3 Å². The Balaban J connectivity index is 1.56. The zero-order valence-corrected chi connectivity index (χ0v) is 15.5. The summed E-state index contributed by atoms with van der Waals surface area (Å²) in [7, 11) is -3.60. The summed E-state index contributed by atoms with van der Waals surface area (Å²) in [4.78, 5) is 13.3. The molecule has 0 saturated heterocycles. The minimum absolute atomic E-state index is 0.131. The van der Waals surface area contributed by atoms with Gasteiger partial charge in [-0.1, -0.05) is 6.07 Å². The van der Waals surface area contributed by atoms with E-state index in [-0.39, 0.29) is 17.3 Å². The maximum atomic E-state index is 12.3. The number of benzene rings is 1. The van der Waals surface area contributed by atoms with E-state index >= 15 is 0 Å². The molecule has 0 atom stereocenters. The zero-order valence-electron chi connectivity index (χ0n) is 13.8. The second kappa shape index (κ2) is 8.31. The molecule has 0 aliphatic heterocycles. The molecule has 0 radical (unpaired) electrons. The summed E-state index contributed by atoms with van der Waals surface area (Å²) in [5.41, 5.74) is 0.383. The van der Waals surface area contributed by atoms with Gasteiger partial charge in [0.1, 0.15) is 5.76 Å². The van der Waals surface area contributed by atoms with Gasteiger partial charge < -0.3 is 9.73 Å². The van der Waals surface area contributed by atoms with Crippen molar-refractivity contribution in [3.63, 3.8) is 0 Å². The molecule has 3 rings (SSSR count). The monoisotopic (exact) mass is 390 g/mol. The summed E-state index contributed by atoms with van der Waals surface area (Å²) in [5, 5.41) is 4.67. The largest absolute Gasteiger partial charge is 0.467 e. The molecule has 0 saturated carbocycles. The predicted octanol–water partition coefficient (Wildman–Crippen LogP) is 2.79. The highest BCUT2D eigenvalue weighted by Gasteiger charge is 2.14. The van der Waals surface area contributed by atoms with E-state index in [0.29, 0.717) is 24.3 Å². The summed E-state index contributed by atoms with van der Waals surface area (Å²) in [6.45, 7) is 0.602. The third-order valence-electron chi connectivity index (χ3n) is 3.67. The highest BCUT2D eigenvalue weighted by Crippen LogP contribution is 2.12. The Morgan fingerprint density at radius 1 is 1.08 bits per heavy atom. The third-order valence-corrected chi connectivity index (χ3v) is 6.09. The lowest BCUT2D eigenvalue weighted by atomic mass is 10.2. The molecule has 1 aromatic carbocycles. The summed E-state index contributed by atoms with van der Waals surface area (Å²) in [6.07, 6.45) is 2.18. The fraction of sp³-hybridized carbons (Fsp3) is 0.167. The molecule has 0 spiro atoms. The van der Waals surface area contributed by atoms with Gasteiger partial charge in [0, 0.05) is 17.0 Å². The molecule has 0 bridgehead atoms. The van der Waals surface area contributed by atoms with Gasteiger partial charge in [-0.15, -0.1) is 11.3 Å². The first-order valence-electron chi connectivity index (χ1n) is 7.97. The molecule has 3 aromatic rings. The van der Waals surface area contributed by atoms with Gasteiger partial charge in [-0.3, -0.25) is 4.79 Å². The van der Waals surface area contributed by atoms with Gasteiger partial charge >= 0.3 is 0 Å². The lowest BCUT2D eigenvalue weighted by Gasteiger charge is -2.08. The number of amides is 1. The van der Waals surface area contributed by atoms with Crippen LogP contribution in [0, 0.1) is 0 Å². The van der Waals surface area contributed by atoms with Crippen molar-refractivity contribution < 1.29 is 17.6 Å². The number of furan rings is 1. The second-order valence-electron chi connectivity index (χ2n) is 5.51. The number of carbonyl (C=O) groups excluding carboxylic acids is 1. The molecule has 8 heteroatoms. The Morgan fingerprint density at radius 2 is 1.88 bits per heavy atom. The van der Waals surface area contributed by atoms with Crippen LogP contribution in [0.5, 0.6) is 0 Å². The van der Waals surface area contributed by atoms with Crippen molar-refractivity contribution in [3.8, 4) is 0 Å². The number of thiophene rings is 1. The molecule has 0 fully saturated rings. The van der Waals surface area contributed by atoms with Crippen molar-refractivity contribution in [2.45, 2.75) is 17.9 Å². The maximum absolute atomic E-state index is 12.3. The van der Waals surface area contributed by atoms with Crippen molar-refractivity contribution in [2.24, 2.45) is 0 Å². The van der Waals surface area contributed by atoms with Gasteiger partial charge in [-0.2, -0.15) is 0 Å². The van der Waals surface area contributed by atoms with Gasteiger partial charge in [0.05, 0.1) is 17.7 Å². The molecule has 2 aromatic heterocycles. The summed E-state index contributed by atoms with van der Waals surface area (Å²) in [5.74, 6) is 0.350. The van der Waals surface area contributed by atoms with E-state index in [1.165, 1.54) is 30.5 Å². The van der Waals surface area contributed by atoms with Crippen LogP contribution in [0.2, 0.25) is 0 Å². The number of hydrogen-bond donors (Lipinski definition) is 2. The van der Waals surface area contributed by atoms with E-state index in [2.05, 4.69) is 10.0 Å². The van der Waals surface area contributed by atoms with Crippen molar-refractivity contribution in [3.05, 3.63) is 76.4 Å². The van der Waals surface area contributed by atoms with E-state index in [1.807, 2.05) is 17.5 Å². The Kier molecular flexibility index (Phi) is 5.87. The van der Waals surface area contributed by atoms with Crippen molar-refractivity contribution in [1.29, 1.82) is 0 Å². The van der Waals surface area contributed by atoms with E-state index in [9.17, 15) is 13.2 Å². The molecule has 1 amide bonds. The maximum Gasteiger partial charge on any atom is 0.251 e. The van der Waals surface area contributed by atoms with Crippen LogP contribution in [0.15, 0.2) is 69.5 Å². The van der Waals surface area contributed by atoms with Crippen LogP contribution in [0.25, 0.3) is 0 Å². The van der Waals surface area contributed by atoms with E-state index < -0.39 is 10.0 Å². The Morgan fingerprint density at radius 3 is 2.54 bits per heavy atom. The van der Waals surface area contributed by atoms with Crippen molar-refractivity contribution in [2.75, 3.05) is 6.54 Å². The lowest BCUT2D eigenvalue weighted by molar-refractivity contribution is 0.0948. The van der Waals surface area contributed by atoms with Crippen LogP contribution < -0.4 is 10.0 Å². The quantitative estimate of drug-likeness (QED) is 0.619. The molecule has 0 aliphatic carbocycles. The third kappa shape index (κ3) is 4.81. The molecule has 6 nitrogen and oxygen atoms in total. The van der Waals surface area contributed by atoms with Gasteiger partial charge in [0.15, 0.2) is 0 Å². The fourth-order valence-electron chi connectivity index (χ4n) is 2.31. The predicted molar refractivity (Wildman–Crippen MR) is 99.5 cm³/mol. The standard InChI is InChI=1S/C18H18N2O4S2/c21-18(19-13-15-3-1-11-24-15)14-5-7-17(8-6-14)26(22,23)20-10-9-16-4-2-12-25-16/h1-8,11-12,20H,9-10,13H2,(H,19,21). The number of carbonyl (C=O) groups is 1. The molecule has 26 heavy (non-hydrogen) atoms. The van der Waals surface area contributed by atoms with E-state index in [4.69, 9.17) is 4.42 Å². The van der Waals surface area contributed by atoms with Gasteiger partial charge in [0.25, 0.3) is 5.91 Å². The number of sulfonamides is 1. The molecule has 2 N–H and O–H groups in total. The first-order chi connectivity index (χ1) is 12.5. The lowest BCUT2D eigenvalue weighted by Crippen LogP contribution is -2.26. The van der Waals surface area contributed by atoms with Crippen LogP contribution in [0.4, 0.5) is 0 Å². The van der Waals surface area contributed by atoms with Crippen LogP contribution in [-0.2, 0) is 23.0 Å². The molecule has 0 unspecified atom stereocenters. The summed E-state index contributed by atoms with van der Waals surface area (Å²) < 4.78 is 32.3. The fourth-order valence-corrected chi connectivity index (χ4v) is 4.06. The van der Waals surface area contributed by atoms with E-state index in [0.717, 1.165) is 4.88 Å². The van der Waals surface area contributed by atoms with Crippen LogP contribution in [0.1, 0.15) is 21.0 Å². The molecular formula is C18H18N2O4S2. The molecule has 0 aliphatic rings. The van der Waals surface area contributed by atoms with Crippen molar-refractivity contribution in [1.82, 2.24) is 10.0 Å². The van der Waals surface area contributed by atoms with Crippen LogP contribution >= 0.6 is 11.3 Å². The van der Waals surface area contributed by atoms with Gasteiger partial charge in [-0.25, -0.2) is 13.1 Å². The Hall–Kier alpha value is -2.42. The summed E-state index contributed by atoms with van der Waals surface area (Å²) >= 11 is 1.59. The van der Waals surface area contributed by atoms with Crippen LogP contribution in [-0.4, -0.2) is 20.9 Å². The second-order valence-corrected chi connectivity index (χ2v) is 8.31. The smallest absolute Gasteiger partial charge is 0.251 e. The topological polar surface area (TPSA) is 88.4 Å². The number of rotatable bonds is 8. The average molecular weight is 390 g/mol. The zero-order chi connectivity index (χ0) is 18.4. The normalized spacial score (nSPS) is 11.4. The first kappa shape index (κ1) is 18.4.